The fourth-order valence-corrected chi connectivity index (χ4v) is 2.90. The minimum Gasteiger partial charge on any atom is -0.343 e. The van der Waals surface area contributed by atoms with Crippen molar-refractivity contribution >= 4 is 17.5 Å². The molecule has 0 bridgehead atoms. The molecular weight excluding hydrogens is 286 g/mol. The fourth-order valence-electron chi connectivity index (χ4n) is 2.90. The van der Waals surface area contributed by atoms with Gasteiger partial charge in [-0.05, 0) is 25.7 Å². The topological polar surface area (TPSA) is 91.9 Å². The first-order chi connectivity index (χ1) is 10.7. The van der Waals surface area contributed by atoms with Crippen LogP contribution in [0.15, 0.2) is 16.0 Å². The summed E-state index contributed by atoms with van der Waals surface area (Å²) >= 11 is 0. The molecule has 0 saturated carbocycles. The zero-order chi connectivity index (χ0) is 15.5. The number of hydrogen-bond acceptors (Lipinski definition) is 6. The molecule has 2 aliphatic heterocycles. The molecule has 0 aromatic carbocycles. The Morgan fingerprint density at radius 3 is 2.77 bits per heavy atom. The average molecular weight is 305 g/mol. The number of nitrogens with zero attached hydrogens (tertiary/aromatic N) is 5. The number of aromatic nitrogens is 2. The summed E-state index contributed by atoms with van der Waals surface area (Å²) in [5.74, 6) is 0.968. The van der Waals surface area contributed by atoms with Crippen molar-refractivity contribution < 1.29 is 14.1 Å². The highest BCUT2D eigenvalue weighted by Gasteiger charge is 2.32. The van der Waals surface area contributed by atoms with E-state index in [0.29, 0.717) is 37.1 Å². The van der Waals surface area contributed by atoms with Crippen LogP contribution in [-0.2, 0) is 16.0 Å². The van der Waals surface area contributed by atoms with Crippen LogP contribution in [0.2, 0.25) is 0 Å². The van der Waals surface area contributed by atoms with Gasteiger partial charge in [0.2, 0.25) is 12.3 Å². The number of hydrazone groups is 1. The second-order valence-corrected chi connectivity index (χ2v) is 5.62. The Labute approximate surface area is 128 Å². The quantitative estimate of drug-likeness (QED) is 0.805. The number of carbonyl (C=O) groups excluding carboxylic acids is 2. The zero-order valence-corrected chi connectivity index (χ0v) is 12.6. The van der Waals surface area contributed by atoms with E-state index in [1.54, 1.807) is 4.90 Å². The van der Waals surface area contributed by atoms with Crippen LogP contribution in [-0.4, -0.2) is 57.2 Å². The summed E-state index contributed by atoms with van der Waals surface area (Å²) in [7, 11) is 0. The Morgan fingerprint density at radius 2 is 2.18 bits per heavy atom. The van der Waals surface area contributed by atoms with Gasteiger partial charge in [-0.15, -0.1) is 0 Å². The lowest BCUT2D eigenvalue weighted by molar-refractivity contribution is -0.129. The average Bonchev–Trinajstić information content (AvgIpc) is 3.16. The summed E-state index contributed by atoms with van der Waals surface area (Å²) in [6.07, 6.45) is 4.04. The third-order valence-electron chi connectivity index (χ3n) is 4.17. The van der Waals surface area contributed by atoms with E-state index in [9.17, 15) is 9.59 Å². The summed E-state index contributed by atoms with van der Waals surface area (Å²) in [4.78, 5) is 29.9. The molecule has 0 atom stereocenters. The van der Waals surface area contributed by atoms with Crippen LogP contribution >= 0.6 is 0 Å². The molecule has 1 fully saturated rings. The highest BCUT2D eigenvalue weighted by molar-refractivity contribution is 6.43. The molecule has 8 nitrogen and oxygen atoms in total. The number of rotatable bonds is 4. The monoisotopic (exact) mass is 305 g/mol. The van der Waals surface area contributed by atoms with Gasteiger partial charge in [-0.25, -0.2) is 5.01 Å². The lowest BCUT2D eigenvalue weighted by atomic mass is 9.93. The van der Waals surface area contributed by atoms with E-state index in [4.69, 9.17) is 4.52 Å². The van der Waals surface area contributed by atoms with Gasteiger partial charge in [-0.1, -0.05) is 5.16 Å². The van der Waals surface area contributed by atoms with E-state index < -0.39 is 0 Å². The summed E-state index contributed by atoms with van der Waals surface area (Å²) < 4.78 is 4.74. The van der Waals surface area contributed by atoms with Crippen molar-refractivity contribution in [3.05, 3.63) is 12.2 Å². The van der Waals surface area contributed by atoms with Gasteiger partial charge in [0.05, 0.1) is 6.42 Å². The SMILES string of the molecule is CCN1N=C(C(=O)N2CCC(Cc3ncon3)CC2)CC1=O. The first-order valence-electron chi connectivity index (χ1n) is 7.59. The van der Waals surface area contributed by atoms with Crippen LogP contribution in [0.1, 0.15) is 32.0 Å². The molecule has 8 heteroatoms. The Bertz CT molecular complexity index is 575. The van der Waals surface area contributed by atoms with Crippen molar-refractivity contribution in [2.75, 3.05) is 19.6 Å². The summed E-state index contributed by atoms with van der Waals surface area (Å²) in [5.41, 5.74) is 0.364. The normalized spacial score (nSPS) is 19.7. The molecule has 3 heterocycles. The van der Waals surface area contributed by atoms with Crippen molar-refractivity contribution in [2.24, 2.45) is 11.0 Å². The van der Waals surface area contributed by atoms with Crippen molar-refractivity contribution in [1.29, 1.82) is 0 Å². The molecule has 0 aliphatic carbocycles. The molecule has 1 aromatic heterocycles. The Morgan fingerprint density at radius 1 is 1.41 bits per heavy atom. The van der Waals surface area contributed by atoms with Crippen molar-refractivity contribution in [2.45, 2.75) is 32.6 Å². The molecular formula is C14H19N5O3. The van der Waals surface area contributed by atoms with Crippen molar-refractivity contribution in [3.63, 3.8) is 0 Å². The first-order valence-corrected chi connectivity index (χ1v) is 7.59. The predicted molar refractivity (Wildman–Crippen MR) is 76.7 cm³/mol. The largest absolute Gasteiger partial charge is 0.343 e. The Kier molecular flexibility index (Phi) is 4.17. The number of amides is 2. The van der Waals surface area contributed by atoms with E-state index in [-0.39, 0.29) is 18.2 Å². The molecule has 0 unspecified atom stereocenters. The molecule has 2 amide bonds. The number of piperidine rings is 1. The smallest absolute Gasteiger partial charge is 0.270 e. The van der Waals surface area contributed by atoms with Crippen LogP contribution in [0.5, 0.6) is 0 Å². The summed E-state index contributed by atoms with van der Waals surface area (Å²) in [6, 6.07) is 0. The fraction of sp³-hybridized carbons (Fsp3) is 0.643. The van der Waals surface area contributed by atoms with E-state index in [2.05, 4.69) is 15.2 Å². The lowest BCUT2D eigenvalue weighted by Crippen LogP contribution is -2.42. The number of carbonyl (C=O) groups is 2. The summed E-state index contributed by atoms with van der Waals surface area (Å²) in [5, 5.41) is 9.30. The van der Waals surface area contributed by atoms with Crippen LogP contribution in [0.3, 0.4) is 0 Å². The molecule has 0 N–H and O–H groups in total. The van der Waals surface area contributed by atoms with Crippen LogP contribution in [0, 0.1) is 5.92 Å². The maximum Gasteiger partial charge on any atom is 0.270 e. The number of likely N-dealkylation sites (tertiary alicyclic amines) is 1. The maximum absolute atomic E-state index is 12.4. The van der Waals surface area contributed by atoms with Gasteiger partial charge in [0, 0.05) is 26.1 Å². The molecule has 22 heavy (non-hydrogen) atoms. The Balaban J connectivity index is 1.53. The molecule has 1 saturated heterocycles. The molecule has 2 aliphatic rings. The van der Waals surface area contributed by atoms with Crippen molar-refractivity contribution in [1.82, 2.24) is 20.0 Å². The highest BCUT2D eigenvalue weighted by atomic mass is 16.5. The van der Waals surface area contributed by atoms with E-state index in [1.165, 1.54) is 11.4 Å². The third kappa shape index (κ3) is 3.00. The first kappa shape index (κ1) is 14.7. The minimum absolute atomic E-state index is 0.0992. The molecule has 0 radical (unpaired) electrons. The van der Waals surface area contributed by atoms with Crippen LogP contribution < -0.4 is 0 Å². The molecule has 1 aromatic rings. The number of hydrogen-bond donors (Lipinski definition) is 0. The van der Waals surface area contributed by atoms with Gasteiger partial charge in [0.15, 0.2) is 5.82 Å². The third-order valence-corrected chi connectivity index (χ3v) is 4.17. The second-order valence-electron chi connectivity index (χ2n) is 5.62. The van der Waals surface area contributed by atoms with Gasteiger partial charge < -0.3 is 9.42 Å². The van der Waals surface area contributed by atoms with Gasteiger partial charge in [-0.2, -0.15) is 10.1 Å². The summed E-state index contributed by atoms with van der Waals surface area (Å²) in [6.45, 7) is 3.71. The highest BCUT2D eigenvalue weighted by Crippen LogP contribution is 2.21. The molecule has 118 valence electrons. The molecule has 0 spiro atoms. The van der Waals surface area contributed by atoms with Gasteiger partial charge in [-0.3, -0.25) is 9.59 Å². The van der Waals surface area contributed by atoms with Crippen LogP contribution in [0.4, 0.5) is 0 Å². The van der Waals surface area contributed by atoms with Gasteiger partial charge >= 0.3 is 0 Å². The predicted octanol–water partition coefficient (Wildman–Crippen LogP) is 0.459. The standard InChI is InChI=1S/C14H19N5O3/c1-2-19-13(20)8-11(16-19)14(21)18-5-3-10(4-6-18)7-12-15-9-22-17-12/h9-10H,2-8H2,1H3. The lowest BCUT2D eigenvalue weighted by Gasteiger charge is -2.31. The van der Waals surface area contributed by atoms with Crippen LogP contribution in [0.25, 0.3) is 0 Å². The Hall–Kier alpha value is -2.25. The molecule has 3 rings (SSSR count). The van der Waals surface area contributed by atoms with E-state index in [1.807, 2.05) is 6.92 Å². The van der Waals surface area contributed by atoms with Gasteiger partial charge in [0.1, 0.15) is 5.71 Å². The van der Waals surface area contributed by atoms with Gasteiger partial charge in [0.25, 0.3) is 5.91 Å². The minimum atomic E-state index is -0.109. The zero-order valence-electron chi connectivity index (χ0n) is 12.6. The van der Waals surface area contributed by atoms with E-state index in [0.717, 1.165) is 19.3 Å². The maximum atomic E-state index is 12.4. The van der Waals surface area contributed by atoms with E-state index >= 15 is 0 Å². The van der Waals surface area contributed by atoms with Crippen molar-refractivity contribution in [3.8, 4) is 0 Å². The second kappa shape index (κ2) is 6.25.